The number of aryl methyl sites for hydroxylation is 3. The molecule has 8 heteroatoms. The Labute approximate surface area is 163 Å². The first-order valence-corrected chi connectivity index (χ1v) is 10.3. The Morgan fingerprint density at radius 3 is 2.89 bits per heavy atom. The first-order chi connectivity index (χ1) is 13.0. The predicted molar refractivity (Wildman–Crippen MR) is 103 cm³/mol. The molecule has 3 rings (SSSR count). The quantitative estimate of drug-likeness (QED) is 0.819. The smallest absolute Gasteiger partial charge is 0.291 e. The summed E-state index contributed by atoms with van der Waals surface area (Å²) in [6, 6.07) is 0. The number of piperidine rings is 1. The molecule has 27 heavy (non-hydrogen) atoms. The summed E-state index contributed by atoms with van der Waals surface area (Å²) in [6.07, 6.45) is 3.81. The van der Waals surface area contributed by atoms with Crippen LogP contribution in [0.15, 0.2) is 9.80 Å². The average molecular weight is 391 g/mol. The van der Waals surface area contributed by atoms with Gasteiger partial charge in [0.25, 0.3) is 11.8 Å². The van der Waals surface area contributed by atoms with Crippen molar-refractivity contribution < 1.29 is 14.0 Å². The Bertz CT molecular complexity index is 814. The number of hydrogen-bond donors (Lipinski definition) is 1. The molecular weight excluding hydrogens is 364 g/mol. The van der Waals surface area contributed by atoms with Crippen molar-refractivity contribution in [3.63, 3.8) is 0 Å². The molecule has 1 atom stereocenters. The van der Waals surface area contributed by atoms with Crippen LogP contribution in [0, 0.1) is 19.8 Å². The van der Waals surface area contributed by atoms with Gasteiger partial charge in [-0.05, 0) is 38.5 Å². The molecule has 0 bridgehead atoms. The zero-order valence-corrected chi connectivity index (χ0v) is 16.9. The summed E-state index contributed by atoms with van der Waals surface area (Å²) < 4.78 is 5.46. The molecule has 2 aromatic rings. The topological polar surface area (TPSA) is 88.3 Å². The lowest BCUT2D eigenvalue weighted by Gasteiger charge is -2.32. The van der Waals surface area contributed by atoms with E-state index in [1.807, 2.05) is 5.38 Å². The van der Waals surface area contributed by atoms with Crippen LogP contribution in [0.3, 0.4) is 0 Å². The number of nitrogens with one attached hydrogen (secondary N) is 1. The third-order valence-electron chi connectivity index (χ3n) is 4.70. The van der Waals surface area contributed by atoms with Crippen molar-refractivity contribution in [1.29, 1.82) is 0 Å². The molecule has 1 aliphatic rings. The highest BCUT2D eigenvalue weighted by Crippen LogP contribution is 2.20. The maximum absolute atomic E-state index is 12.7. The molecule has 0 saturated carbocycles. The van der Waals surface area contributed by atoms with Gasteiger partial charge in [-0.2, -0.15) is 0 Å². The van der Waals surface area contributed by atoms with E-state index in [0.717, 1.165) is 30.7 Å². The second-order valence-electron chi connectivity index (χ2n) is 6.99. The van der Waals surface area contributed by atoms with Crippen molar-refractivity contribution in [2.24, 2.45) is 5.92 Å². The van der Waals surface area contributed by atoms with Crippen molar-refractivity contribution in [2.75, 3.05) is 19.6 Å². The van der Waals surface area contributed by atoms with Crippen LogP contribution in [0.4, 0.5) is 0 Å². The fraction of sp³-hybridized carbons (Fsp3) is 0.579. The van der Waals surface area contributed by atoms with Crippen molar-refractivity contribution in [3.8, 4) is 0 Å². The average Bonchev–Trinajstić information content (AvgIpc) is 3.26. The molecule has 0 aromatic carbocycles. The minimum Gasteiger partial charge on any atom is -0.436 e. The first-order valence-electron chi connectivity index (χ1n) is 9.43. The maximum atomic E-state index is 12.7. The molecule has 2 amide bonds. The number of aromatic nitrogens is 2. The fourth-order valence-corrected chi connectivity index (χ4v) is 4.24. The summed E-state index contributed by atoms with van der Waals surface area (Å²) in [7, 11) is 0. The zero-order chi connectivity index (χ0) is 19.4. The van der Waals surface area contributed by atoms with Gasteiger partial charge in [0.1, 0.15) is 5.69 Å². The van der Waals surface area contributed by atoms with Gasteiger partial charge in [0, 0.05) is 31.9 Å². The third-order valence-corrected chi connectivity index (χ3v) is 5.61. The highest BCUT2D eigenvalue weighted by atomic mass is 32.1. The Morgan fingerprint density at radius 2 is 2.19 bits per heavy atom. The minimum absolute atomic E-state index is 0.118. The molecular formula is C19H26N4O3S. The van der Waals surface area contributed by atoms with Crippen LogP contribution in [-0.4, -0.2) is 46.3 Å². The standard InChI is InChI=1S/C19H26N4O3S/c1-4-6-16-22-15(11-27-16)18(24)20-9-14-7-5-8-23(10-14)19(25)17-12(2)21-13(3)26-17/h11,14H,4-10H2,1-3H3,(H,20,24)/t14-/m1/s1. The van der Waals surface area contributed by atoms with Crippen LogP contribution >= 0.6 is 11.3 Å². The Balaban J connectivity index is 1.54. The van der Waals surface area contributed by atoms with Gasteiger partial charge in [-0.15, -0.1) is 11.3 Å². The number of carbonyl (C=O) groups excluding carboxylic acids is 2. The summed E-state index contributed by atoms with van der Waals surface area (Å²) >= 11 is 1.53. The number of rotatable bonds is 6. The van der Waals surface area contributed by atoms with E-state index < -0.39 is 0 Å². The molecule has 7 nitrogen and oxygen atoms in total. The van der Waals surface area contributed by atoms with Gasteiger partial charge < -0.3 is 14.6 Å². The highest BCUT2D eigenvalue weighted by molar-refractivity contribution is 7.09. The van der Waals surface area contributed by atoms with E-state index in [2.05, 4.69) is 22.2 Å². The van der Waals surface area contributed by atoms with Gasteiger partial charge in [-0.25, -0.2) is 9.97 Å². The Hall–Kier alpha value is -2.22. The second kappa shape index (κ2) is 8.65. The van der Waals surface area contributed by atoms with Gasteiger partial charge >= 0.3 is 0 Å². The van der Waals surface area contributed by atoms with Crippen LogP contribution in [-0.2, 0) is 6.42 Å². The van der Waals surface area contributed by atoms with Crippen molar-refractivity contribution in [3.05, 3.63) is 33.4 Å². The number of thiazole rings is 1. The summed E-state index contributed by atoms with van der Waals surface area (Å²) in [5.41, 5.74) is 1.11. The fourth-order valence-electron chi connectivity index (χ4n) is 3.36. The van der Waals surface area contributed by atoms with E-state index in [1.54, 1.807) is 18.7 Å². The molecule has 0 unspecified atom stereocenters. The molecule has 0 spiro atoms. The minimum atomic E-state index is -0.140. The molecule has 146 valence electrons. The van der Waals surface area contributed by atoms with Crippen molar-refractivity contribution in [1.82, 2.24) is 20.2 Å². The lowest BCUT2D eigenvalue weighted by molar-refractivity contribution is 0.0637. The molecule has 0 aliphatic carbocycles. The Morgan fingerprint density at radius 1 is 1.37 bits per heavy atom. The number of likely N-dealkylation sites (tertiary alicyclic amines) is 1. The van der Waals surface area contributed by atoms with Crippen molar-refractivity contribution in [2.45, 2.75) is 46.5 Å². The van der Waals surface area contributed by atoms with Crippen LogP contribution in [0.1, 0.15) is 63.8 Å². The van der Waals surface area contributed by atoms with Crippen LogP contribution in [0.25, 0.3) is 0 Å². The number of hydrogen-bond acceptors (Lipinski definition) is 6. The van der Waals surface area contributed by atoms with Crippen molar-refractivity contribution >= 4 is 23.2 Å². The number of oxazole rings is 1. The molecule has 1 fully saturated rings. The predicted octanol–water partition coefficient (Wildman–Crippen LogP) is 2.98. The molecule has 1 saturated heterocycles. The summed E-state index contributed by atoms with van der Waals surface area (Å²) in [6.45, 7) is 7.47. The monoisotopic (exact) mass is 390 g/mol. The molecule has 2 aromatic heterocycles. The zero-order valence-electron chi connectivity index (χ0n) is 16.1. The SMILES string of the molecule is CCCc1nc(C(=O)NC[C@H]2CCCN(C(=O)c3oc(C)nc3C)C2)cs1. The van der Waals surface area contributed by atoms with E-state index in [9.17, 15) is 9.59 Å². The van der Waals surface area contributed by atoms with Crippen LogP contribution in [0.2, 0.25) is 0 Å². The van der Waals surface area contributed by atoms with Gasteiger partial charge in [-0.3, -0.25) is 9.59 Å². The van der Waals surface area contributed by atoms with E-state index >= 15 is 0 Å². The van der Waals surface area contributed by atoms with E-state index in [0.29, 0.717) is 42.7 Å². The molecule has 1 N–H and O–H groups in total. The van der Waals surface area contributed by atoms with E-state index in [1.165, 1.54) is 11.3 Å². The third kappa shape index (κ3) is 4.74. The van der Waals surface area contributed by atoms with Crippen LogP contribution < -0.4 is 5.32 Å². The number of nitrogens with zero attached hydrogens (tertiary/aromatic N) is 3. The van der Waals surface area contributed by atoms with Crippen LogP contribution in [0.5, 0.6) is 0 Å². The largest absolute Gasteiger partial charge is 0.436 e. The van der Waals surface area contributed by atoms with Gasteiger partial charge in [0.05, 0.1) is 10.7 Å². The normalized spacial score (nSPS) is 17.1. The molecule has 3 heterocycles. The first kappa shape index (κ1) is 19.5. The lowest BCUT2D eigenvalue weighted by atomic mass is 9.97. The van der Waals surface area contributed by atoms with Gasteiger partial charge in [0.2, 0.25) is 5.76 Å². The molecule has 1 aliphatic heterocycles. The number of carbonyl (C=O) groups is 2. The Kier molecular flexibility index (Phi) is 6.26. The lowest BCUT2D eigenvalue weighted by Crippen LogP contribution is -2.43. The summed E-state index contributed by atoms with van der Waals surface area (Å²) in [5, 5.41) is 5.78. The maximum Gasteiger partial charge on any atom is 0.291 e. The van der Waals surface area contributed by atoms with E-state index in [4.69, 9.17) is 4.42 Å². The summed E-state index contributed by atoms with van der Waals surface area (Å²) in [5.74, 6) is 0.793. The second-order valence-corrected chi connectivity index (χ2v) is 7.94. The number of amides is 2. The van der Waals surface area contributed by atoms with Gasteiger partial charge in [-0.1, -0.05) is 6.92 Å². The summed E-state index contributed by atoms with van der Waals surface area (Å²) in [4.78, 5) is 35.4. The van der Waals surface area contributed by atoms with E-state index in [-0.39, 0.29) is 17.7 Å². The van der Waals surface area contributed by atoms with Gasteiger partial charge in [0.15, 0.2) is 5.89 Å². The highest BCUT2D eigenvalue weighted by Gasteiger charge is 2.28. The molecule has 0 radical (unpaired) electrons.